The Balaban J connectivity index is 1.92. The predicted molar refractivity (Wildman–Crippen MR) is 97.0 cm³/mol. The van der Waals surface area contributed by atoms with E-state index >= 15 is 0 Å². The van der Waals surface area contributed by atoms with Crippen molar-refractivity contribution in [3.63, 3.8) is 0 Å². The molecule has 0 aliphatic heterocycles. The van der Waals surface area contributed by atoms with Crippen molar-refractivity contribution in [1.29, 1.82) is 0 Å². The molecule has 8 heteroatoms. The molecular weight excluding hydrogens is 362 g/mol. The van der Waals surface area contributed by atoms with Crippen LogP contribution in [0.3, 0.4) is 0 Å². The van der Waals surface area contributed by atoms with Crippen molar-refractivity contribution in [2.24, 2.45) is 5.73 Å². The fraction of sp³-hybridized carbons (Fsp3) is 0.235. The first-order chi connectivity index (χ1) is 11.9. The van der Waals surface area contributed by atoms with E-state index in [0.717, 1.165) is 21.5 Å². The molecule has 1 atom stereocenters. The van der Waals surface area contributed by atoms with Gasteiger partial charge < -0.3 is 10.5 Å². The summed E-state index contributed by atoms with van der Waals surface area (Å²) in [4.78, 5) is 24.5. The highest BCUT2D eigenvalue weighted by molar-refractivity contribution is 7.20. The third-order valence-corrected chi connectivity index (χ3v) is 5.27. The minimum absolute atomic E-state index is 0.400. The zero-order valence-corrected chi connectivity index (χ0v) is 15.2. The normalized spacial score (nSPS) is 12.3. The Morgan fingerprint density at radius 3 is 2.80 bits per heavy atom. The number of halogens is 1. The van der Waals surface area contributed by atoms with Crippen LogP contribution in [0.1, 0.15) is 27.9 Å². The summed E-state index contributed by atoms with van der Waals surface area (Å²) in [6.45, 7) is 3.81. The van der Waals surface area contributed by atoms with Crippen LogP contribution in [0.25, 0.3) is 10.2 Å². The lowest BCUT2D eigenvalue weighted by atomic mass is 10.2. The number of carbonyl (C=O) groups excluding carboxylic acids is 2. The molecule has 3 rings (SSSR count). The molecule has 2 aromatic heterocycles. The van der Waals surface area contributed by atoms with Crippen LogP contribution in [-0.4, -0.2) is 27.8 Å². The number of aromatic nitrogens is 2. The lowest BCUT2D eigenvalue weighted by Gasteiger charge is -2.08. The Kier molecular flexibility index (Phi) is 4.78. The first kappa shape index (κ1) is 17.4. The average molecular weight is 378 g/mol. The number of esters is 1. The minimum Gasteiger partial charge on any atom is -0.448 e. The van der Waals surface area contributed by atoms with Crippen molar-refractivity contribution in [2.75, 3.05) is 0 Å². The Hall–Kier alpha value is -2.38. The summed E-state index contributed by atoms with van der Waals surface area (Å²) in [6, 6.07) is 9.27. The quantitative estimate of drug-likeness (QED) is 0.692. The van der Waals surface area contributed by atoms with Gasteiger partial charge in [0.15, 0.2) is 6.10 Å². The molecule has 3 aromatic rings. The van der Waals surface area contributed by atoms with Crippen molar-refractivity contribution in [3.8, 4) is 0 Å². The zero-order valence-electron chi connectivity index (χ0n) is 13.7. The maximum atomic E-state index is 12.2. The molecule has 6 nitrogen and oxygen atoms in total. The Morgan fingerprint density at radius 2 is 2.12 bits per heavy atom. The van der Waals surface area contributed by atoms with E-state index in [0.29, 0.717) is 16.4 Å². The lowest BCUT2D eigenvalue weighted by molar-refractivity contribution is -0.125. The molecule has 0 bridgehead atoms. The van der Waals surface area contributed by atoms with Gasteiger partial charge in [0.05, 0.1) is 12.2 Å². The number of hydrogen-bond donors (Lipinski definition) is 1. The largest absolute Gasteiger partial charge is 0.448 e. The predicted octanol–water partition coefficient (Wildman–Crippen LogP) is 3.14. The van der Waals surface area contributed by atoms with Gasteiger partial charge in [-0.05, 0) is 31.5 Å². The van der Waals surface area contributed by atoms with Gasteiger partial charge in [-0.1, -0.05) is 29.8 Å². The molecule has 0 saturated carbocycles. The van der Waals surface area contributed by atoms with Crippen LogP contribution in [0.2, 0.25) is 5.02 Å². The van der Waals surface area contributed by atoms with Crippen LogP contribution >= 0.6 is 22.9 Å². The van der Waals surface area contributed by atoms with Gasteiger partial charge in [0.2, 0.25) is 0 Å². The van der Waals surface area contributed by atoms with Gasteiger partial charge in [-0.2, -0.15) is 5.10 Å². The maximum absolute atomic E-state index is 12.2. The van der Waals surface area contributed by atoms with E-state index in [1.165, 1.54) is 18.3 Å². The van der Waals surface area contributed by atoms with Crippen LogP contribution in [-0.2, 0) is 16.1 Å². The van der Waals surface area contributed by atoms with E-state index in [1.807, 2.05) is 35.9 Å². The fourth-order valence-corrected chi connectivity index (χ4v) is 3.62. The smallest absolute Gasteiger partial charge is 0.349 e. The van der Waals surface area contributed by atoms with E-state index in [1.54, 1.807) is 6.07 Å². The third-order valence-electron chi connectivity index (χ3n) is 3.77. The van der Waals surface area contributed by atoms with Crippen LogP contribution in [0, 0.1) is 6.92 Å². The number of primary amides is 1. The molecule has 1 aromatic carbocycles. The van der Waals surface area contributed by atoms with E-state index in [2.05, 4.69) is 5.10 Å². The molecule has 0 unspecified atom stereocenters. The fourth-order valence-electron chi connectivity index (χ4n) is 2.39. The second-order valence-electron chi connectivity index (χ2n) is 5.61. The van der Waals surface area contributed by atoms with Gasteiger partial charge in [0, 0.05) is 10.4 Å². The number of amides is 1. The molecule has 0 radical (unpaired) electrons. The lowest BCUT2D eigenvalue weighted by Crippen LogP contribution is -2.30. The summed E-state index contributed by atoms with van der Waals surface area (Å²) in [5, 5.41) is 6.05. The van der Waals surface area contributed by atoms with Gasteiger partial charge >= 0.3 is 5.97 Å². The highest BCUT2D eigenvalue weighted by Crippen LogP contribution is 2.30. The molecular formula is C17H16ClN3O3S. The van der Waals surface area contributed by atoms with Crippen molar-refractivity contribution in [2.45, 2.75) is 26.5 Å². The third kappa shape index (κ3) is 3.52. The molecule has 2 heterocycles. The van der Waals surface area contributed by atoms with Crippen LogP contribution in [0.15, 0.2) is 30.3 Å². The van der Waals surface area contributed by atoms with E-state index in [9.17, 15) is 9.59 Å². The Bertz CT molecular complexity index is 963. The number of nitrogens with two attached hydrogens (primary N) is 1. The first-order valence-electron chi connectivity index (χ1n) is 7.57. The number of fused-ring (bicyclic) bond motifs is 1. The van der Waals surface area contributed by atoms with Crippen LogP contribution < -0.4 is 5.73 Å². The maximum Gasteiger partial charge on any atom is 0.349 e. The number of aryl methyl sites for hydroxylation is 1. The standard InChI is InChI=1S/C17H16ClN3O3S/c1-9-12-7-14(17(23)24-10(2)15(19)22)25-16(12)21(20-9)8-11-5-3-4-6-13(11)18/h3-7,10H,8H2,1-2H3,(H2,19,22)/t10-/m0/s1. The average Bonchev–Trinajstić information content (AvgIpc) is 3.11. The van der Waals surface area contributed by atoms with E-state index in [4.69, 9.17) is 22.1 Å². The molecule has 0 spiro atoms. The van der Waals surface area contributed by atoms with Crippen LogP contribution in [0.4, 0.5) is 0 Å². The highest BCUT2D eigenvalue weighted by atomic mass is 35.5. The van der Waals surface area contributed by atoms with E-state index in [-0.39, 0.29) is 0 Å². The number of ether oxygens (including phenoxy) is 1. The molecule has 0 aliphatic carbocycles. The molecule has 0 fully saturated rings. The Labute approximate surface area is 153 Å². The molecule has 2 N–H and O–H groups in total. The number of thiophene rings is 1. The first-order valence-corrected chi connectivity index (χ1v) is 8.77. The summed E-state index contributed by atoms with van der Waals surface area (Å²) >= 11 is 7.48. The summed E-state index contributed by atoms with van der Waals surface area (Å²) < 4.78 is 6.87. The Morgan fingerprint density at radius 1 is 1.40 bits per heavy atom. The number of nitrogens with zero attached hydrogens (tertiary/aromatic N) is 2. The SMILES string of the molecule is Cc1nn(Cc2ccccc2Cl)c2sc(C(=O)O[C@@H](C)C(N)=O)cc12. The van der Waals surface area contributed by atoms with Gasteiger partial charge in [0.25, 0.3) is 5.91 Å². The number of carbonyl (C=O) groups is 2. The molecule has 0 aliphatic rings. The van der Waals surface area contributed by atoms with Crippen molar-refractivity contribution >= 4 is 45.0 Å². The van der Waals surface area contributed by atoms with Crippen LogP contribution in [0.5, 0.6) is 0 Å². The monoisotopic (exact) mass is 377 g/mol. The molecule has 130 valence electrons. The molecule has 25 heavy (non-hydrogen) atoms. The van der Waals surface area contributed by atoms with Gasteiger partial charge in [-0.3, -0.25) is 9.48 Å². The van der Waals surface area contributed by atoms with Gasteiger partial charge in [0.1, 0.15) is 9.71 Å². The zero-order chi connectivity index (χ0) is 18.1. The second kappa shape index (κ2) is 6.85. The summed E-state index contributed by atoms with van der Waals surface area (Å²) in [5.41, 5.74) is 6.87. The van der Waals surface area contributed by atoms with Crippen molar-refractivity contribution in [1.82, 2.24) is 9.78 Å². The van der Waals surface area contributed by atoms with Gasteiger partial charge in [-0.25, -0.2) is 4.79 Å². The molecule has 0 saturated heterocycles. The van der Waals surface area contributed by atoms with Crippen molar-refractivity contribution in [3.05, 3.63) is 51.5 Å². The number of hydrogen-bond acceptors (Lipinski definition) is 5. The minimum atomic E-state index is -0.974. The van der Waals surface area contributed by atoms with E-state index < -0.39 is 18.0 Å². The molecule has 1 amide bonds. The highest BCUT2D eigenvalue weighted by Gasteiger charge is 2.21. The summed E-state index contributed by atoms with van der Waals surface area (Å²) in [6.07, 6.45) is -0.974. The number of rotatable bonds is 5. The topological polar surface area (TPSA) is 87.2 Å². The van der Waals surface area contributed by atoms with Gasteiger partial charge in [-0.15, -0.1) is 11.3 Å². The second-order valence-corrected chi connectivity index (χ2v) is 7.05. The summed E-state index contributed by atoms with van der Waals surface area (Å²) in [7, 11) is 0. The summed E-state index contributed by atoms with van der Waals surface area (Å²) in [5.74, 6) is -1.26. The van der Waals surface area contributed by atoms with Crippen molar-refractivity contribution < 1.29 is 14.3 Å². The number of benzene rings is 1.